The van der Waals surface area contributed by atoms with E-state index < -0.39 is 0 Å². The highest BCUT2D eigenvalue weighted by molar-refractivity contribution is 6.09. The van der Waals surface area contributed by atoms with Gasteiger partial charge in [-0.2, -0.15) is 0 Å². The second-order valence-electron chi connectivity index (χ2n) is 16.2. The number of fused-ring (bicyclic) bond motifs is 6. The van der Waals surface area contributed by atoms with Crippen molar-refractivity contribution in [1.29, 1.82) is 0 Å². The van der Waals surface area contributed by atoms with E-state index in [2.05, 4.69) is 252 Å². The van der Waals surface area contributed by atoms with E-state index >= 15 is 0 Å². The van der Waals surface area contributed by atoms with E-state index in [0.717, 1.165) is 89.1 Å². The minimum atomic E-state index is 0.870. The molecule has 0 radical (unpaired) electrons. The van der Waals surface area contributed by atoms with Gasteiger partial charge in [0, 0.05) is 55.7 Å². The molecule has 0 bridgehead atoms. The lowest BCUT2D eigenvalue weighted by molar-refractivity contribution is 0.668. The Balaban J connectivity index is 0.880. The summed E-state index contributed by atoms with van der Waals surface area (Å²) in [5.74, 6) is 0. The summed E-state index contributed by atoms with van der Waals surface area (Å²) in [4.78, 5) is 4.62. The lowest BCUT2D eigenvalue weighted by atomic mass is 10.0. The molecule has 2 aromatic heterocycles. The van der Waals surface area contributed by atoms with Gasteiger partial charge in [-0.3, -0.25) is 0 Å². The third kappa shape index (κ3) is 6.75. The maximum atomic E-state index is 6.35. The van der Waals surface area contributed by atoms with Crippen LogP contribution in [0.15, 0.2) is 251 Å². The summed E-state index contributed by atoms with van der Waals surface area (Å²) in [5, 5.41) is 4.37. The Bertz CT molecular complexity index is 3340. The molecule has 12 aromatic rings. The first-order valence-corrected chi connectivity index (χ1v) is 21.6. The minimum Gasteiger partial charge on any atom is -0.456 e. The predicted octanol–water partition coefficient (Wildman–Crippen LogP) is 17.4. The molecule has 0 saturated heterocycles. The van der Waals surface area contributed by atoms with Gasteiger partial charge in [-0.25, -0.2) is 0 Å². The molecule has 0 aliphatic rings. The Morgan fingerprint density at radius 1 is 0.203 bits per heavy atom. The van der Waals surface area contributed by atoms with Crippen LogP contribution in [0.5, 0.6) is 0 Å². The third-order valence-electron chi connectivity index (χ3n) is 12.2. The van der Waals surface area contributed by atoms with E-state index in [9.17, 15) is 0 Å². The van der Waals surface area contributed by atoms with Crippen molar-refractivity contribution in [3.05, 3.63) is 243 Å². The third-order valence-corrected chi connectivity index (χ3v) is 12.2. The molecular formula is C60H40N2O2. The monoisotopic (exact) mass is 820 g/mol. The highest BCUT2D eigenvalue weighted by Gasteiger charge is 2.18. The molecule has 0 aliphatic heterocycles. The van der Waals surface area contributed by atoms with Gasteiger partial charge in [0.05, 0.1) is 0 Å². The van der Waals surface area contributed by atoms with Crippen LogP contribution in [0.2, 0.25) is 0 Å². The Labute approximate surface area is 371 Å². The number of nitrogens with zero attached hydrogens (tertiary/aromatic N) is 2. The van der Waals surface area contributed by atoms with Crippen LogP contribution in [-0.2, 0) is 0 Å². The van der Waals surface area contributed by atoms with Crippen LogP contribution in [0.1, 0.15) is 0 Å². The first-order valence-electron chi connectivity index (χ1n) is 21.6. The molecule has 0 saturated carbocycles. The van der Waals surface area contributed by atoms with Gasteiger partial charge < -0.3 is 18.6 Å². The van der Waals surface area contributed by atoms with Crippen LogP contribution in [-0.4, -0.2) is 0 Å². The second-order valence-corrected chi connectivity index (χ2v) is 16.2. The summed E-state index contributed by atoms with van der Waals surface area (Å²) in [6.45, 7) is 0. The van der Waals surface area contributed by atoms with Gasteiger partial charge in [0.15, 0.2) is 0 Å². The molecule has 302 valence electrons. The van der Waals surface area contributed by atoms with E-state index in [-0.39, 0.29) is 0 Å². The van der Waals surface area contributed by atoms with Crippen molar-refractivity contribution in [2.24, 2.45) is 0 Å². The predicted molar refractivity (Wildman–Crippen MR) is 267 cm³/mol. The number of furan rings is 2. The summed E-state index contributed by atoms with van der Waals surface area (Å²) in [5.41, 5.74) is 16.9. The molecule has 64 heavy (non-hydrogen) atoms. The van der Waals surface area contributed by atoms with Crippen molar-refractivity contribution in [3.8, 4) is 33.4 Å². The smallest absolute Gasteiger partial charge is 0.135 e. The lowest BCUT2D eigenvalue weighted by Crippen LogP contribution is -2.10. The minimum absolute atomic E-state index is 0.870. The van der Waals surface area contributed by atoms with Gasteiger partial charge in [-0.1, -0.05) is 133 Å². The Hall–Kier alpha value is -8.60. The lowest BCUT2D eigenvalue weighted by Gasteiger charge is -2.26. The van der Waals surface area contributed by atoms with Crippen LogP contribution < -0.4 is 9.80 Å². The SMILES string of the molecule is c1ccc(-c2ccc3oc4ccc(N(c5ccccc5)c5ccc(-c6ccc(N(c7ccccc7)c7ccc8oc9ccc(-c%10ccccc%10)cc9c8c7)cc6)cc5)cc4c3c2)cc1. The van der Waals surface area contributed by atoms with Crippen LogP contribution in [0.3, 0.4) is 0 Å². The average Bonchev–Trinajstić information content (AvgIpc) is 3.93. The molecule has 0 atom stereocenters. The number of benzene rings is 10. The highest BCUT2D eigenvalue weighted by atomic mass is 16.3. The highest BCUT2D eigenvalue weighted by Crippen LogP contribution is 2.42. The average molecular weight is 821 g/mol. The molecule has 0 spiro atoms. The van der Waals surface area contributed by atoms with Gasteiger partial charge >= 0.3 is 0 Å². The quantitative estimate of drug-likeness (QED) is 0.145. The zero-order chi connectivity index (χ0) is 42.4. The fraction of sp³-hybridized carbons (Fsp3) is 0. The van der Waals surface area contributed by atoms with Crippen LogP contribution in [0, 0.1) is 0 Å². The van der Waals surface area contributed by atoms with E-state index in [1.54, 1.807) is 0 Å². The van der Waals surface area contributed by atoms with Crippen molar-refractivity contribution in [2.75, 3.05) is 9.80 Å². The standard InChI is InChI=1S/C60H40N2O2/c1-5-13-41(14-6-1)45-25-33-57-53(37-45)55-39-51(31-35-59(55)63-57)61(47-17-9-3-10-18-47)49-27-21-43(22-28-49)44-23-29-50(30-24-44)62(48-19-11-4-12-20-48)52-32-36-60-56(40-52)54-38-46(26-34-58(54)64-60)42-15-7-2-8-16-42/h1-40H. The molecule has 4 nitrogen and oxygen atoms in total. The number of para-hydroxylation sites is 2. The zero-order valence-corrected chi connectivity index (χ0v) is 34.8. The van der Waals surface area contributed by atoms with E-state index in [1.165, 1.54) is 22.3 Å². The Morgan fingerprint density at radius 2 is 0.469 bits per heavy atom. The first kappa shape index (κ1) is 37.2. The van der Waals surface area contributed by atoms with E-state index in [1.807, 2.05) is 0 Å². The molecule has 0 amide bonds. The number of rotatable bonds is 9. The topological polar surface area (TPSA) is 32.8 Å². The molecule has 12 rings (SSSR count). The van der Waals surface area contributed by atoms with Gasteiger partial charge in [-0.15, -0.1) is 0 Å². The van der Waals surface area contributed by atoms with Crippen LogP contribution in [0.25, 0.3) is 77.3 Å². The summed E-state index contributed by atoms with van der Waals surface area (Å²) >= 11 is 0. The molecule has 0 unspecified atom stereocenters. The summed E-state index contributed by atoms with van der Waals surface area (Å²) in [6, 6.07) is 85.8. The van der Waals surface area contributed by atoms with E-state index in [0.29, 0.717) is 0 Å². The number of hydrogen-bond acceptors (Lipinski definition) is 4. The van der Waals surface area contributed by atoms with Gasteiger partial charge in [-0.05, 0) is 143 Å². The summed E-state index contributed by atoms with van der Waals surface area (Å²) in [7, 11) is 0. The van der Waals surface area contributed by atoms with Crippen LogP contribution in [0.4, 0.5) is 34.1 Å². The molecule has 0 fully saturated rings. The van der Waals surface area contributed by atoms with Gasteiger partial charge in [0.25, 0.3) is 0 Å². The van der Waals surface area contributed by atoms with Crippen molar-refractivity contribution in [1.82, 2.24) is 0 Å². The molecule has 4 heteroatoms. The molecule has 10 aromatic carbocycles. The van der Waals surface area contributed by atoms with Crippen molar-refractivity contribution in [3.63, 3.8) is 0 Å². The fourth-order valence-electron chi connectivity index (χ4n) is 9.08. The molecule has 2 heterocycles. The van der Waals surface area contributed by atoms with Crippen LogP contribution >= 0.6 is 0 Å². The Morgan fingerprint density at radius 3 is 0.844 bits per heavy atom. The largest absolute Gasteiger partial charge is 0.456 e. The fourth-order valence-corrected chi connectivity index (χ4v) is 9.08. The first-order chi connectivity index (χ1) is 31.7. The summed E-state index contributed by atoms with van der Waals surface area (Å²) < 4.78 is 12.7. The summed E-state index contributed by atoms with van der Waals surface area (Å²) in [6.07, 6.45) is 0. The normalized spacial score (nSPS) is 11.4. The Kier molecular flexibility index (Phi) is 9.12. The second kappa shape index (κ2) is 15.7. The maximum absolute atomic E-state index is 6.35. The van der Waals surface area contributed by atoms with Gasteiger partial charge in [0.2, 0.25) is 0 Å². The molecule has 0 N–H and O–H groups in total. The van der Waals surface area contributed by atoms with Crippen molar-refractivity contribution >= 4 is 78.0 Å². The van der Waals surface area contributed by atoms with Gasteiger partial charge in [0.1, 0.15) is 22.3 Å². The number of anilines is 6. The molecular weight excluding hydrogens is 781 g/mol. The maximum Gasteiger partial charge on any atom is 0.135 e. The zero-order valence-electron chi connectivity index (χ0n) is 34.8. The van der Waals surface area contributed by atoms with Crippen molar-refractivity contribution in [2.45, 2.75) is 0 Å². The molecule has 0 aliphatic carbocycles. The van der Waals surface area contributed by atoms with Crippen molar-refractivity contribution < 1.29 is 8.83 Å². The number of hydrogen-bond donors (Lipinski definition) is 0. The van der Waals surface area contributed by atoms with E-state index in [4.69, 9.17) is 8.83 Å².